The largest absolute Gasteiger partial charge is 0.351 e. The Bertz CT molecular complexity index is 524. The molecule has 0 unspecified atom stereocenters. The Labute approximate surface area is 139 Å². The van der Waals surface area contributed by atoms with Crippen LogP contribution in [0.15, 0.2) is 24.3 Å². The predicted octanol–water partition coefficient (Wildman–Crippen LogP) is 1.73. The number of quaternary nitrogens is 1. The molecule has 0 aliphatic carbocycles. The summed E-state index contributed by atoms with van der Waals surface area (Å²) in [6, 6.07) is 7.55. The number of hydrogen-bond acceptors (Lipinski definition) is 2. The maximum Gasteiger partial charge on any atom is 0.319 e. The lowest BCUT2D eigenvalue weighted by molar-refractivity contribution is -0.719. The predicted molar refractivity (Wildman–Crippen MR) is 91.7 cm³/mol. The highest BCUT2D eigenvalue weighted by molar-refractivity contribution is 5.95. The third-order valence-electron chi connectivity index (χ3n) is 3.88. The molecular formula is C18H30N3O2+. The average molecular weight is 320 g/mol. The minimum Gasteiger partial charge on any atom is -0.351 e. The van der Waals surface area contributed by atoms with Gasteiger partial charge in [0.25, 0.3) is 5.91 Å². The van der Waals surface area contributed by atoms with E-state index >= 15 is 0 Å². The number of nitrogens with two attached hydrogens (primary N) is 2. The second kappa shape index (κ2) is 8.67. The molecule has 0 saturated heterocycles. The van der Waals surface area contributed by atoms with E-state index < -0.39 is 6.03 Å². The van der Waals surface area contributed by atoms with Crippen molar-refractivity contribution in [1.82, 2.24) is 5.32 Å². The van der Waals surface area contributed by atoms with Crippen LogP contribution < -0.4 is 16.4 Å². The third-order valence-corrected chi connectivity index (χ3v) is 3.88. The summed E-state index contributed by atoms with van der Waals surface area (Å²) in [5, 5.41) is 4.12. The minimum atomic E-state index is -0.811. The molecule has 0 saturated carbocycles. The first-order valence-electron chi connectivity index (χ1n) is 8.24. The summed E-state index contributed by atoms with van der Waals surface area (Å²) in [5.74, 6) is 0.625. The van der Waals surface area contributed by atoms with Crippen LogP contribution in [0.5, 0.6) is 0 Å². The van der Waals surface area contributed by atoms with Gasteiger partial charge in [0.05, 0.1) is 0 Å². The number of imide groups is 1. The van der Waals surface area contributed by atoms with Crippen LogP contribution in [0.25, 0.3) is 0 Å². The highest BCUT2D eigenvalue weighted by Gasteiger charge is 2.26. The first kappa shape index (κ1) is 19.2. The number of primary amides is 1. The number of carbonyl (C=O) groups is 2. The first-order valence-corrected chi connectivity index (χ1v) is 8.24. The maximum atomic E-state index is 11.9. The number of benzene rings is 1. The number of rotatable bonds is 7. The number of urea groups is 1. The summed E-state index contributed by atoms with van der Waals surface area (Å²) in [6.07, 6.45) is 1.06. The Kier molecular flexibility index (Phi) is 7.23. The van der Waals surface area contributed by atoms with E-state index in [9.17, 15) is 9.59 Å². The molecule has 5 N–H and O–H groups in total. The van der Waals surface area contributed by atoms with Gasteiger partial charge >= 0.3 is 6.03 Å². The van der Waals surface area contributed by atoms with Gasteiger partial charge < -0.3 is 11.1 Å². The fourth-order valence-electron chi connectivity index (χ4n) is 2.70. The van der Waals surface area contributed by atoms with E-state index in [1.54, 1.807) is 6.92 Å². The first-order chi connectivity index (χ1) is 10.7. The maximum absolute atomic E-state index is 11.9. The number of amides is 3. The lowest BCUT2D eigenvalue weighted by Gasteiger charge is -2.23. The Morgan fingerprint density at radius 1 is 1.09 bits per heavy atom. The standard InChI is InChI=1S/C18H29N3O2/c1-11(2)10-14-6-8-15(9-7-14)16(12(3)4)20-13(5)17(22)21-18(19)23/h6-9,11-13,16,20H,10H2,1-5H3,(H3,19,21,22,23)/p+1/t13-,16-/m1/s1. The molecule has 1 aromatic rings. The van der Waals surface area contributed by atoms with Crippen LogP contribution >= 0.6 is 0 Å². The summed E-state index contributed by atoms with van der Waals surface area (Å²) >= 11 is 0. The normalized spacial score (nSPS) is 13.9. The summed E-state index contributed by atoms with van der Waals surface area (Å²) in [7, 11) is 0. The molecule has 1 rings (SSSR count). The van der Waals surface area contributed by atoms with Gasteiger partial charge in [-0.1, -0.05) is 52.0 Å². The molecule has 0 radical (unpaired) electrons. The van der Waals surface area contributed by atoms with Crippen LogP contribution in [0.1, 0.15) is 51.8 Å². The molecule has 0 aromatic heterocycles. The van der Waals surface area contributed by atoms with Gasteiger partial charge in [-0.2, -0.15) is 0 Å². The lowest BCUT2D eigenvalue weighted by atomic mass is 9.93. The molecule has 0 fully saturated rings. The van der Waals surface area contributed by atoms with Crippen molar-refractivity contribution in [3.8, 4) is 0 Å². The molecule has 5 heteroatoms. The van der Waals surface area contributed by atoms with E-state index in [1.165, 1.54) is 11.1 Å². The van der Waals surface area contributed by atoms with Crippen molar-refractivity contribution in [1.29, 1.82) is 0 Å². The SMILES string of the molecule is CC(C)Cc1ccc([C@H]([NH2+][C@H](C)C(=O)NC(N)=O)C(C)C)cc1. The molecule has 3 amide bonds. The minimum absolute atomic E-state index is 0.150. The van der Waals surface area contributed by atoms with Crippen LogP contribution in [-0.2, 0) is 11.2 Å². The number of carbonyl (C=O) groups excluding carboxylic acids is 2. The molecule has 23 heavy (non-hydrogen) atoms. The van der Waals surface area contributed by atoms with Gasteiger partial charge in [0.15, 0.2) is 6.04 Å². The zero-order valence-electron chi connectivity index (χ0n) is 14.8. The highest BCUT2D eigenvalue weighted by Crippen LogP contribution is 2.19. The zero-order chi connectivity index (χ0) is 17.6. The Morgan fingerprint density at radius 2 is 1.65 bits per heavy atom. The van der Waals surface area contributed by atoms with Gasteiger partial charge in [0.1, 0.15) is 6.04 Å². The van der Waals surface area contributed by atoms with Gasteiger partial charge in [-0.3, -0.25) is 10.1 Å². The van der Waals surface area contributed by atoms with Crippen molar-refractivity contribution in [2.45, 2.75) is 53.1 Å². The second-order valence-electron chi connectivity index (χ2n) is 6.94. The quantitative estimate of drug-likeness (QED) is 0.714. The van der Waals surface area contributed by atoms with Crippen molar-refractivity contribution in [3.05, 3.63) is 35.4 Å². The van der Waals surface area contributed by atoms with Crippen molar-refractivity contribution in [2.24, 2.45) is 17.6 Å². The molecule has 0 spiro atoms. The molecule has 0 bridgehead atoms. The van der Waals surface area contributed by atoms with Crippen molar-refractivity contribution in [2.75, 3.05) is 0 Å². The molecular weight excluding hydrogens is 290 g/mol. The van der Waals surface area contributed by atoms with Gasteiger partial charge in [-0.15, -0.1) is 0 Å². The second-order valence-corrected chi connectivity index (χ2v) is 6.94. The molecule has 2 atom stereocenters. The van der Waals surface area contributed by atoms with Crippen molar-refractivity contribution < 1.29 is 14.9 Å². The van der Waals surface area contributed by atoms with Crippen LogP contribution in [0.2, 0.25) is 0 Å². The lowest BCUT2D eigenvalue weighted by Crippen LogP contribution is -2.93. The number of nitrogens with one attached hydrogen (secondary N) is 1. The van der Waals surface area contributed by atoms with Crippen LogP contribution in [-0.4, -0.2) is 18.0 Å². The molecule has 1 aromatic carbocycles. The summed E-state index contributed by atoms with van der Waals surface area (Å²) in [6.45, 7) is 10.4. The number of hydrogen-bond donors (Lipinski definition) is 3. The third kappa shape index (κ3) is 6.40. The fraction of sp³-hybridized carbons (Fsp3) is 0.556. The van der Waals surface area contributed by atoms with E-state index in [0.29, 0.717) is 11.8 Å². The Morgan fingerprint density at radius 3 is 2.09 bits per heavy atom. The molecule has 0 aliphatic rings. The fourth-order valence-corrected chi connectivity index (χ4v) is 2.70. The van der Waals surface area contributed by atoms with E-state index in [-0.39, 0.29) is 18.0 Å². The smallest absolute Gasteiger partial charge is 0.319 e. The van der Waals surface area contributed by atoms with Crippen molar-refractivity contribution >= 4 is 11.9 Å². The average Bonchev–Trinajstić information content (AvgIpc) is 2.43. The van der Waals surface area contributed by atoms with Crippen LogP contribution in [0, 0.1) is 11.8 Å². The molecule has 0 heterocycles. The topological polar surface area (TPSA) is 88.8 Å². The summed E-state index contributed by atoms with van der Waals surface area (Å²) in [4.78, 5) is 22.7. The van der Waals surface area contributed by atoms with Gasteiger partial charge in [-0.25, -0.2) is 4.79 Å². The van der Waals surface area contributed by atoms with E-state index in [4.69, 9.17) is 5.73 Å². The summed E-state index contributed by atoms with van der Waals surface area (Å²) in [5.41, 5.74) is 7.52. The van der Waals surface area contributed by atoms with Crippen molar-refractivity contribution in [3.63, 3.8) is 0 Å². The van der Waals surface area contributed by atoms with E-state index in [2.05, 4.69) is 57.3 Å². The van der Waals surface area contributed by atoms with Gasteiger partial charge in [0, 0.05) is 11.5 Å². The monoisotopic (exact) mass is 320 g/mol. The zero-order valence-corrected chi connectivity index (χ0v) is 14.8. The van der Waals surface area contributed by atoms with E-state index in [1.807, 2.05) is 5.32 Å². The van der Waals surface area contributed by atoms with Crippen LogP contribution in [0.3, 0.4) is 0 Å². The Hall–Kier alpha value is -1.88. The highest BCUT2D eigenvalue weighted by atomic mass is 16.2. The van der Waals surface area contributed by atoms with Crippen LogP contribution in [0.4, 0.5) is 4.79 Å². The molecule has 0 aliphatic heterocycles. The summed E-state index contributed by atoms with van der Waals surface area (Å²) < 4.78 is 0. The van der Waals surface area contributed by atoms with E-state index in [0.717, 1.165) is 6.42 Å². The molecule has 128 valence electrons. The van der Waals surface area contributed by atoms with Gasteiger partial charge in [0.2, 0.25) is 0 Å². The molecule has 5 nitrogen and oxygen atoms in total. The Balaban J connectivity index is 2.82. The van der Waals surface area contributed by atoms with Gasteiger partial charge in [-0.05, 0) is 24.8 Å².